The van der Waals surface area contributed by atoms with Gasteiger partial charge in [0.25, 0.3) is 0 Å². The average molecular weight is 292 g/mol. The Morgan fingerprint density at radius 2 is 1.76 bits per heavy atom. The van der Waals surface area contributed by atoms with Crippen molar-refractivity contribution in [3.05, 3.63) is 35.9 Å². The summed E-state index contributed by atoms with van der Waals surface area (Å²) in [7, 11) is 0. The molecule has 4 heteroatoms. The standard InChI is InChI=1S/C17H24O4/c1-3-5-7-12-16(18)21-15(13-17(19)20-4-2)14-10-8-6-9-11-14/h6,8-11,15H,3-5,7,12-13H2,1-2H3. The van der Waals surface area contributed by atoms with Crippen molar-refractivity contribution in [2.75, 3.05) is 6.61 Å². The van der Waals surface area contributed by atoms with Crippen molar-refractivity contribution in [2.24, 2.45) is 0 Å². The molecule has 0 aliphatic rings. The summed E-state index contributed by atoms with van der Waals surface area (Å²) < 4.78 is 10.4. The molecule has 0 aliphatic heterocycles. The van der Waals surface area contributed by atoms with E-state index in [1.54, 1.807) is 6.92 Å². The molecule has 1 aromatic carbocycles. The van der Waals surface area contributed by atoms with Gasteiger partial charge in [0.1, 0.15) is 6.10 Å². The second-order valence-corrected chi connectivity index (χ2v) is 4.86. The second-order valence-electron chi connectivity index (χ2n) is 4.86. The number of esters is 2. The molecule has 4 nitrogen and oxygen atoms in total. The first-order valence-electron chi connectivity index (χ1n) is 7.57. The fourth-order valence-corrected chi connectivity index (χ4v) is 2.00. The lowest BCUT2D eigenvalue weighted by atomic mass is 10.1. The molecular weight excluding hydrogens is 268 g/mol. The van der Waals surface area contributed by atoms with E-state index in [-0.39, 0.29) is 18.4 Å². The van der Waals surface area contributed by atoms with Crippen LogP contribution in [0, 0.1) is 0 Å². The van der Waals surface area contributed by atoms with Gasteiger partial charge in [-0.2, -0.15) is 0 Å². The smallest absolute Gasteiger partial charge is 0.309 e. The number of hydrogen-bond donors (Lipinski definition) is 0. The van der Waals surface area contributed by atoms with Gasteiger partial charge in [0, 0.05) is 6.42 Å². The first kappa shape index (κ1) is 17.2. The van der Waals surface area contributed by atoms with Gasteiger partial charge in [-0.25, -0.2) is 0 Å². The largest absolute Gasteiger partial charge is 0.466 e. The molecular formula is C17H24O4. The van der Waals surface area contributed by atoms with E-state index in [1.165, 1.54) is 0 Å². The molecule has 0 aromatic heterocycles. The monoisotopic (exact) mass is 292 g/mol. The maximum atomic E-state index is 11.9. The van der Waals surface area contributed by atoms with Gasteiger partial charge in [0.05, 0.1) is 13.0 Å². The van der Waals surface area contributed by atoms with Crippen LogP contribution in [0.3, 0.4) is 0 Å². The molecule has 0 bridgehead atoms. The number of carbonyl (C=O) groups excluding carboxylic acids is 2. The number of unbranched alkanes of at least 4 members (excludes halogenated alkanes) is 2. The molecule has 116 valence electrons. The summed E-state index contributed by atoms with van der Waals surface area (Å²) in [6, 6.07) is 9.30. The van der Waals surface area contributed by atoms with Gasteiger partial charge >= 0.3 is 11.9 Å². The Bertz CT molecular complexity index is 428. The van der Waals surface area contributed by atoms with Crippen LogP contribution in [0.15, 0.2) is 30.3 Å². The zero-order chi connectivity index (χ0) is 15.5. The van der Waals surface area contributed by atoms with Gasteiger partial charge in [-0.3, -0.25) is 9.59 Å². The van der Waals surface area contributed by atoms with Gasteiger partial charge < -0.3 is 9.47 Å². The van der Waals surface area contributed by atoms with Gasteiger partial charge in [0.15, 0.2) is 0 Å². The zero-order valence-electron chi connectivity index (χ0n) is 12.8. The molecule has 0 aliphatic carbocycles. The molecule has 1 atom stereocenters. The van der Waals surface area contributed by atoms with Crippen molar-refractivity contribution in [3.63, 3.8) is 0 Å². The maximum absolute atomic E-state index is 11.9. The van der Waals surface area contributed by atoms with Crippen LogP contribution in [-0.4, -0.2) is 18.5 Å². The molecule has 0 spiro atoms. The van der Waals surface area contributed by atoms with Crippen LogP contribution >= 0.6 is 0 Å². The Hall–Kier alpha value is -1.84. The van der Waals surface area contributed by atoms with Gasteiger partial charge in [-0.05, 0) is 18.9 Å². The van der Waals surface area contributed by atoms with E-state index in [0.717, 1.165) is 24.8 Å². The summed E-state index contributed by atoms with van der Waals surface area (Å²) in [6.45, 7) is 4.16. The Kier molecular flexibility index (Phi) is 8.17. The number of rotatable bonds is 9. The second kappa shape index (κ2) is 9.97. The van der Waals surface area contributed by atoms with Crippen LogP contribution in [0.2, 0.25) is 0 Å². The van der Waals surface area contributed by atoms with Crippen molar-refractivity contribution in [2.45, 2.75) is 52.1 Å². The average Bonchev–Trinajstić information content (AvgIpc) is 2.48. The van der Waals surface area contributed by atoms with Crippen LogP contribution in [-0.2, 0) is 19.1 Å². The molecule has 0 radical (unpaired) electrons. The first-order chi connectivity index (χ1) is 10.2. The molecule has 0 saturated carbocycles. The highest BCUT2D eigenvalue weighted by Crippen LogP contribution is 2.22. The van der Waals surface area contributed by atoms with Crippen molar-refractivity contribution < 1.29 is 19.1 Å². The SMILES string of the molecule is CCCCCC(=O)OC(CC(=O)OCC)c1ccccc1. The highest BCUT2D eigenvalue weighted by Gasteiger charge is 2.20. The van der Waals surface area contributed by atoms with Crippen LogP contribution in [0.25, 0.3) is 0 Å². The topological polar surface area (TPSA) is 52.6 Å². The summed E-state index contributed by atoms with van der Waals surface area (Å²) in [4.78, 5) is 23.5. The van der Waals surface area contributed by atoms with Crippen molar-refractivity contribution in [3.8, 4) is 0 Å². The Morgan fingerprint density at radius 3 is 2.38 bits per heavy atom. The van der Waals surface area contributed by atoms with Crippen LogP contribution < -0.4 is 0 Å². The molecule has 0 N–H and O–H groups in total. The minimum atomic E-state index is -0.570. The number of benzene rings is 1. The summed E-state index contributed by atoms with van der Waals surface area (Å²) in [5.74, 6) is -0.616. The van der Waals surface area contributed by atoms with E-state index in [9.17, 15) is 9.59 Å². The van der Waals surface area contributed by atoms with Crippen molar-refractivity contribution >= 4 is 11.9 Å². The normalized spacial score (nSPS) is 11.7. The minimum absolute atomic E-state index is 0.0529. The molecule has 1 unspecified atom stereocenters. The summed E-state index contributed by atoms with van der Waals surface area (Å²) in [5.41, 5.74) is 0.814. The predicted octanol–water partition coefficient (Wildman–Crippen LogP) is 3.80. The summed E-state index contributed by atoms with van der Waals surface area (Å²) in [5, 5.41) is 0. The highest BCUT2D eigenvalue weighted by molar-refractivity contribution is 5.73. The minimum Gasteiger partial charge on any atom is -0.466 e. The van der Waals surface area contributed by atoms with Crippen molar-refractivity contribution in [1.82, 2.24) is 0 Å². The van der Waals surface area contributed by atoms with E-state index in [2.05, 4.69) is 6.92 Å². The fourth-order valence-electron chi connectivity index (χ4n) is 2.00. The van der Waals surface area contributed by atoms with E-state index >= 15 is 0 Å². The first-order valence-corrected chi connectivity index (χ1v) is 7.57. The number of carbonyl (C=O) groups is 2. The number of ether oxygens (including phenoxy) is 2. The van der Waals surface area contributed by atoms with Crippen molar-refractivity contribution in [1.29, 1.82) is 0 Å². The molecule has 1 aromatic rings. The highest BCUT2D eigenvalue weighted by atomic mass is 16.6. The molecule has 0 fully saturated rings. The third-order valence-electron chi connectivity index (χ3n) is 3.09. The molecule has 0 amide bonds. The van der Waals surface area contributed by atoms with Gasteiger partial charge in [-0.15, -0.1) is 0 Å². The lowest BCUT2D eigenvalue weighted by molar-refractivity contribution is -0.155. The van der Waals surface area contributed by atoms with Crippen LogP contribution in [0.1, 0.15) is 57.6 Å². The zero-order valence-corrected chi connectivity index (χ0v) is 12.8. The Balaban J connectivity index is 2.64. The van der Waals surface area contributed by atoms with E-state index in [4.69, 9.17) is 9.47 Å². The predicted molar refractivity (Wildman–Crippen MR) is 80.7 cm³/mol. The van der Waals surface area contributed by atoms with Crippen LogP contribution in [0.4, 0.5) is 0 Å². The summed E-state index contributed by atoms with van der Waals surface area (Å²) in [6.07, 6.45) is 2.74. The molecule has 1 rings (SSSR count). The quantitative estimate of drug-likeness (QED) is 0.513. The fraction of sp³-hybridized carbons (Fsp3) is 0.529. The maximum Gasteiger partial charge on any atom is 0.309 e. The third kappa shape index (κ3) is 6.93. The van der Waals surface area contributed by atoms with Crippen LogP contribution in [0.5, 0.6) is 0 Å². The third-order valence-corrected chi connectivity index (χ3v) is 3.09. The summed E-state index contributed by atoms with van der Waals surface area (Å²) >= 11 is 0. The molecule has 21 heavy (non-hydrogen) atoms. The van der Waals surface area contributed by atoms with E-state index < -0.39 is 6.10 Å². The Labute approximate surface area is 126 Å². The van der Waals surface area contributed by atoms with E-state index in [0.29, 0.717) is 13.0 Å². The van der Waals surface area contributed by atoms with Gasteiger partial charge in [-0.1, -0.05) is 50.1 Å². The lowest BCUT2D eigenvalue weighted by Gasteiger charge is -2.17. The Morgan fingerprint density at radius 1 is 1.05 bits per heavy atom. The number of hydrogen-bond acceptors (Lipinski definition) is 4. The van der Waals surface area contributed by atoms with E-state index in [1.807, 2.05) is 30.3 Å². The van der Waals surface area contributed by atoms with Gasteiger partial charge in [0.2, 0.25) is 0 Å². The molecule has 0 saturated heterocycles. The lowest BCUT2D eigenvalue weighted by Crippen LogP contribution is -2.16. The molecule has 0 heterocycles.